The summed E-state index contributed by atoms with van der Waals surface area (Å²) in [6.07, 6.45) is 1.54. The molecule has 0 fully saturated rings. The number of fused-ring (bicyclic) bond motifs is 1. The molecule has 21 heavy (non-hydrogen) atoms. The molecule has 0 amide bonds. The SMILES string of the molecule is CCNc1c(C(=O)OCC)cnc2c(OC)ccc(C)c12. The van der Waals surface area contributed by atoms with Crippen LogP contribution in [-0.2, 0) is 4.74 Å². The molecule has 0 unspecified atom stereocenters. The molecule has 0 spiro atoms. The fourth-order valence-corrected chi connectivity index (χ4v) is 2.33. The third-order valence-corrected chi connectivity index (χ3v) is 3.26. The van der Waals surface area contributed by atoms with E-state index in [2.05, 4.69) is 10.3 Å². The Labute approximate surface area is 124 Å². The van der Waals surface area contributed by atoms with Gasteiger partial charge in [0.1, 0.15) is 16.8 Å². The van der Waals surface area contributed by atoms with Crippen molar-refractivity contribution in [3.05, 3.63) is 29.5 Å². The number of esters is 1. The summed E-state index contributed by atoms with van der Waals surface area (Å²) in [6.45, 7) is 6.78. The highest BCUT2D eigenvalue weighted by Crippen LogP contribution is 2.34. The highest BCUT2D eigenvalue weighted by atomic mass is 16.5. The van der Waals surface area contributed by atoms with E-state index < -0.39 is 0 Å². The zero-order valence-corrected chi connectivity index (χ0v) is 12.8. The summed E-state index contributed by atoms with van der Waals surface area (Å²) in [5.41, 5.74) is 2.96. The van der Waals surface area contributed by atoms with Crippen LogP contribution in [0.25, 0.3) is 10.9 Å². The summed E-state index contributed by atoms with van der Waals surface area (Å²) >= 11 is 0. The lowest BCUT2D eigenvalue weighted by atomic mass is 10.0. The second-order valence-corrected chi connectivity index (χ2v) is 4.61. The van der Waals surface area contributed by atoms with Gasteiger partial charge in [0, 0.05) is 18.1 Å². The molecule has 112 valence electrons. The maximum absolute atomic E-state index is 12.1. The Morgan fingerprint density at radius 1 is 1.33 bits per heavy atom. The molecule has 5 nitrogen and oxygen atoms in total. The van der Waals surface area contributed by atoms with Gasteiger partial charge in [-0.25, -0.2) is 4.79 Å². The first kappa shape index (κ1) is 15.1. The average Bonchev–Trinajstić information content (AvgIpc) is 2.48. The Hall–Kier alpha value is -2.30. The Kier molecular flexibility index (Phi) is 4.62. The van der Waals surface area contributed by atoms with E-state index >= 15 is 0 Å². The van der Waals surface area contributed by atoms with Crippen molar-refractivity contribution in [3.8, 4) is 5.75 Å². The summed E-state index contributed by atoms with van der Waals surface area (Å²) in [4.78, 5) is 16.5. The first-order chi connectivity index (χ1) is 10.1. The minimum Gasteiger partial charge on any atom is -0.494 e. The molecule has 1 aromatic carbocycles. The van der Waals surface area contributed by atoms with Gasteiger partial charge in [0.2, 0.25) is 0 Å². The number of nitrogens with zero attached hydrogens (tertiary/aromatic N) is 1. The van der Waals surface area contributed by atoms with E-state index in [9.17, 15) is 4.79 Å². The molecule has 2 aromatic rings. The number of pyridine rings is 1. The molecule has 0 radical (unpaired) electrons. The molecule has 0 saturated carbocycles. The lowest BCUT2D eigenvalue weighted by Gasteiger charge is -2.16. The van der Waals surface area contributed by atoms with E-state index in [1.165, 1.54) is 0 Å². The van der Waals surface area contributed by atoms with Crippen LogP contribution in [-0.4, -0.2) is 31.2 Å². The highest BCUT2D eigenvalue weighted by Gasteiger charge is 2.19. The number of anilines is 1. The summed E-state index contributed by atoms with van der Waals surface area (Å²) in [7, 11) is 1.61. The first-order valence-corrected chi connectivity index (χ1v) is 7.01. The third-order valence-electron chi connectivity index (χ3n) is 3.26. The standard InChI is InChI=1S/C16H20N2O3/c1-5-17-14-11(16(19)21-6-2)9-18-15-12(20-4)8-7-10(3)13(14)15/h7-9H,5-6H2,1-4H3,(H,17,18). The van der Waals surface area contributed by atoms with Gasteiger partial charge in [0.25, 0.3) is 0 Å². The quantitative estimate of drug-likeness (QED) is 0.856. The molecule has 0 atom stereocenters. The molecule has 0 aliphatic rings. The molecule has 0 bridgehead atoms. The van der Waals surface area contributed by atoms with E-state index in [0.29, 0.717) is 24.5 Å². The van der Waals surface area contributed by atoms with Crippen LogP contribution in [0.15, 0.2) is 18.3 Å². The highest BCUT2D eigenvalue weighted by molar-refractivity contribution is 6.07. The fraction of sp³-hybridized carbons (Fsp3) is 0.375. The second-order valence-electron chi connectivity index (χ2n) is 4.61. The van der Waals surface area contributed by atoms with Crippen molar-refractivity contribution >= 4 is 22.6 Å². The van der Waals surface area contributed by atoms with Crippen molar-refractivity contribution in [2.75, 3.05) is 25.6 Å². The molecule has 0 aliphatic heterocycles. The van der Waals surface area contributed by atoms with Crippen molar-refractivity contribution in [3.63, 3.8) is 0 Å². The molecule has 5 heteroatoms. The van der Waals surface area contributed by atoms with Crippen molar-refractivity contribution < 1.29 is 14.3 Å². The maximum atomic E-state index is 12.1. The predicted molar refractivity (Wildman–Crippen MR) is 83.2 cm³/mol. The van der Waals surface area contributed by atoms with Crippen molar-refractivity contribution in [2.45, 2.75) is 20.8 Å². The molecule has 1 aromatic heterocycles. The van der Waals surface area contributed by atoms with Gasteiger partial charge in [-0.05, 0) is 32.4 Å². The number of rotatable bonds is 5. The van der Waals surface area contributed by atoms with Gasteiger partial charge in [-0.2, -0.15) is 0 Å². The zero-order valence-electron chi connectivity index (χ0n) is 12.8. The number of ether oxygens (including phenoxy) is 2. The minimum atomic E-state index is -0.370. The molecule has 0 aliphatic carbocycles. The van der Waals surface area contributed by atoms with Gasteiger partial charge in [-0.3, -0.25) is 4.98 Å². The number of carbonyl (C=O) groups is 1. The lowest BCUT2D eigenvalue weighted by molar-refractivity contribution is 0.0527. The van der Waals surface area contributed by atoms with E-state index in [1.54, 1.807) is 20.2 Å². The number of aromatic nitrogens is 1. The van der Waals surface area contributed by atoms with Gasteiger partial charge in [0.15, 0.2) is 0 Å². The van der Waals surface area contributed by atoms with Gasteiger partial charge in [-0.15, -0.1) is 0 Å². The average molecular weight is 288 g/mol. The summed E-state index contributed by atoms with van der Waals surface area (Å²) in [5.74, 6) is 0.315. The van der Waals surface area contributed by atoms with Crippen molar-refractivity contribution in [1.29, 1.82) is 0 Å². The first-order valence-electron chi connectivity index (χ1n) is 7.01. The summed E-state index contributed by atoms with van der Waals surface area (Å²) in [5, 5.41) is 4.14. The Balaban J connectivity index is 2.75. The molecule has 1 heterocycles. The van der Waals surface area contributed by atoms with Crippen LogP contribution in [0.5, 0.6) is 5.75 Å². The molecular weight excluding hydrogens is 268 g/mol. The molecule has 1 N–H and O–H groups in total. The monoisotopic (exact) mass is 288 g/mol. The lowest BCUT2D eigenvalue weighted by Crippen LogP contribution is -2.11. The van der Waals surface area contributed by atoms with Crippen LogP contribution in [0.2, 0.25) is 0 Å². The molecule has 2 rings (SSSR count). The predicted octanol–water partition coefficient (Wildman–Crippen LogP) is 3.16. The van der Waals surface area contributed by atoms with Crippen LogP contribution >= 0.6 is 0 Å². The normalized spacial score (nSPS) is 10.5. The zero-order chi connectivity index (χ0) is 15.4. The van der Waals surface area contributed by atoms with Crippen LogP contribution in [0, 0.1) is 6.92 Å². The number of methoxy groups -OCH3 is 1. The topological polar surface area (TPSA) is 60.5 Å². The largest absolute Gasteiger partial charge is 0.494 e. The van der Waals surface area contributed by atoms with Crippen LogP contribution in [0.3, 0.4) is 0 Å². The summed E-state index contributed by atoms with van der Waals surface area (Å²) < 4.78 is 10.5. The smallest absolute Gasteiger partial charge is 0.341 e. The van der Waals surface area contributed by atoms with E-state index in [1.807, 2.05) is 26.0 Å². The number of benzene rings is 1. The fourth-order valence-electron chi connectivity index (χ4n) is 2.33. The van der Waals surface area contributed by atoms with Crippen LogP contribution in [0.4, 0.5) is 5.69 Å². The number of aryl methyl sites for hydroxylation is 1. The van der Waals surface area contributed by atoms with E-state index in [4.69, 9.17) is 9.47 Å². The van der Waals surface area contributed by atoms with Gasteiger partial charge < -0.3 is 14.8 Å². The number of hydrogen-bond acceptors (Lipinski definition) is 5. The van der Waals surface area contributed by atoms with Crippen LogP contribution < -0.4 is 10.1 Å². The van der Waals surface area contributed by atoms with Gasteiger partial charge in [-0.1, -0.05) is 6.07 Å². The van der Waals surface area contributed by atoms with Crippen molar-refractivity contribution in [1.82, 2.24) is 4.98 Å². The Bertz CT molecular complexity index is 668. The second kappa shape index (κ2) is 6.43. The third kappa shape index (κ3) is 2.77. The van der Waals surface area contributed by atoms with E-state index in [0.717, 1.165) is 22.2 Å². The Morgan fingerprint density at radius 3 is 2.71 bits per heavy atom. The molecular formula is C16H20N2O3. The van der Waals surface area contributed by atoms with Gasteiger partial charge in [0.05, 0.1) is 19.4 Å². The van der Waals surface area contributed by atoms with Crippen LogP contribution in [0.1, 0.15) is 29.8 Å². The van der Waals surface area contributed by atoms with E-state index in [-0.39, 0.29) is 5.97 Å². The maximum Gasteiger partial charge on any atom is 0.341 e. The summed E-state index contributed by atoms with van der Waals surface area (Å²) in [6, 6.07) is 3.84. The minimum absolute atomic E-state index is 0.333. The number of nitrogens with one attached hydrogen (secondary N) is 1. The Morgan fingerprint density at radius 2 is 2.10 bits per heavy atom. The van der Waals surface area contributed by atoms with Crippen molar-refractivity contribution in [2.24, 2.45) is 0 Å². The number of hydrogen-bond donors (Lipinski definition) is 1. The molecule has 0 saturated heterocycles. The number of carbonyl (C=O) groups excluding carboxylic acids is 1. The van der Waals surface area contributed by atoms with Gasteiger partial charge >= 0.3 is 5.97 Å².